The molecule has 27 heavy (non-hydrogen) atoms. The Morgan fingerprint density at radius 2 is 2.15 bits per heavy atom. The smallest absolute Gasteiger partial charge is 0.251 e. The van der Waals surface area contributed by atoms with Gasteiger partial charge in [0.15, 0.2) is 0 Å². The van der Waals surface area contributed by atoms with Crippen LogP contribution in [0, 0.1) is 6.92 Å². The molecule has 0 aromatic heterocycles. The summed E-state index contributed by atoms with van der Waals surface area (Å²) in [6.07, 6.45) is 1.17. The molecular weight excluding hydrogens is 362 g/mol. The fourth-order valence-corrected chi connectivity index (χ4v) is 4.15. The molecule has 1 aromatic rings. The van der Waals surface area contributed by atoms with E-state index in [-0.39, 0.29) is 24.0 Å². The number of nitrogens with one attached hydrogen (secondary N) is 2. The quantitative estimate of drug-likeness (QED) is 0.779. The second-order valence-electron chi connectivity index (χ2n) is 7.37. The molecular formula is C20H29N3O3S. The van der Waals surface area contributed by atoms with Crippen LogP contribution in [0.5, 0.6) is 0 Å². The van der Waals surface area contributed by atoms with E-state index in [4.69, 9.17) is 4.74 Å². The number of aryl methyl sites for hydroxylation is 1. The predicted molar refractivity (Wildman–Crippen MR) is 109 cm³/mol. The Kier molecular flexibility index (Phi) is 6.78. The van der Waals surface area contributed by atoms with Crippen molar-refractivity contribution in [1.29, 1.82) is 0 Å². The Morgan fingerprint density at radius 1 is 1.33 bits per heavy atom. The fraction of sp³-hybridized carbons (Fsp3) is 0.600. The number of carbonyl (C=O) groups excluding carboxylic acids is 2. The number of ether oxygens (including phenoxy) is 1. The van der Waals surface area contributed by atoms with E-state index in [1.807, 2.05) is 26.0 Å². The number of morpholine rings is 1. The summed E-state index contributed by atoms with van der Waals surface area (Å²) in [7, 11) is 0. The van der Waals surface area contributed by atoms with Crippen molar-refractivity contribution in [3.63, 3.8) is 0 Å². The van der Waals surface area contributed by atoms with E-state index in [1.54, 1.807) is 17.8 Å². The molecule has 2 aliphatic rings. The number of nitrogens with zero attached hydrogens (tertiary/aromatic N) is 1. The lowest BCUT2D eigenvalue weighted by Gasteiger charge is -2.33. The standard InChI is InChI=1S/C20H29N3O3S/c1-4-27-12-19(24)22-18-7-15(6-5-13(18)2)20(25)21-16-8-17-11-26-14(3)9-23(17)10-16/h5-7,14,16-17H,4,8-12H2,1-3H3,(H,21,25)(H,22,24)/t14-,16-,17-/m0/s1. The van der Waals surface area contributed by atoms with E-state index >= 15 is 0 Å². The Bertz CT molecular complexity index is 697. The van der Waals surface area contributed by atoms with Gasteiger partial charge in [-0.15, -0.1) is 0 Å². The highest BCUT2D eigenvalue weighted by molar-refractivity contribution is 7.99. The summed E-state index contributed by atoms with van der Waals surface area (Å²) in [4.78, 5) is 27.1. The predicted octanol–water partition coefficient (Wildman–Crippen LogP) is 2.28. The summed E-state index contributed by atoms with van der Waals surface area (Å²) < 4.78 is 5.73. The van der Waals surface area contributed by atoms with Gasteiger partial charge in [-0.2, -0.15) is 11.8 Å². The largest absolute Gasteiger partial charge is 0.376 e. The van der Waals surface area contributed by atoms with Crippen LogP contribution in [0.4, 0.5) is 5.69 Å². The summed E-state index contributed by atoms with van der Waals surface area (Å²) >= 11 is 1.58. The highest BCUT2D eigenvalue weighted by Crippen LogP contribution is 2.24. The van der Waals surface area contributed by atoms with Crippen molar-refractivity contribution in [2.45, 2.75) is 45.4 Å². The van der Waals surface area contributed by atoms with E-state index in [1.165, 1.54) is 0 Å². The van der Waals surface area contributed by atoms with Crippen LogP contribution in [-0.2, 0) is 9.53 Å². The maximum atomic E-state index is 12.7. The van der Waals surface area contributed by atoms with E-state index in [0.29, 0.717) is 23.0 Å². The first kappa shape index (κ1) is 20.2. The van der Waals surface area contributed by atoms with Crippen LogP contribution in [0.1, 0.15) is 36.2 Å². The molecule has 0 bridgehead atoms. The maximum Gasteiger partial charge on any atom is 0.251 e. The zero-order valence-corrected chi connectivity index (χ0v) is 17.1. The second-order valence-corrected chi connectivity index (χ2v) is 8.65. The van der Waals surface area contributed by atoms with Gasteiger partial charge in [0.05, 0.1) is 18.5 Å². The zero-order chi connectivity index (χ0) is 19.4. The summed E-state index contributed by atoms with van der Waals surface area (Å²) in [6, 6.07) is 6.00. The molecule has 0 radical (unpaired) electrons. The third kappa shape index (κ3) is 5.24. The first-order valence-corrected chi connectivity index (χ1v) is 10.8. The molecule has 0 spiro atoms. The average Bonchev–Trinajstić information content (AvgIpc) is 3.03. The van der Waals surface area contributed by atoms with Crippen LogP contribution in [0.3, 0.4) is 0 Å². The molecule has 2 saturated heterocycles. The molecule has 0 aliphatic carbocycles. The lowest BCUT2D eigenvalue weighted by Crippen LogP contribution is -2.45. The Morgan fingerprint density at radius 3 is 2.93 bits per heavy atom. The van der Waals surface area contributed by atoms with E-state index in [9.17, 15) is 9.59 Å². The molecule has 6 nitrogen and oxygen atoms in total. The van der Waals surface area contributed by atoms with Crippen molar-refractivity contribution in [1.82, 2.24) is 10.2 Å². The van der Waals surface area contributed by atoms with E-state index < -0.39 is 0 Å². The number of carbonyl (C=O) groups is 2. The summed E-state index contributed by atoms with van der Waals surface area (Å²) in [5.74, 6) is 1.20. The molecule has 148 valence electrons. The van der Waals surface area contributed by atoms with Crippen LogP contribution < -0.4 is 10.6 Å². The van der Waals surface area contributed by atoms with Gasteiger partial charge in [0.25, 0.3) is 5.91 Å². The van der Waals surface area contributed by atoms with Crippen LogP contribution in [0.15, 0.2) is 18.2 Å². The van der Waals surface area contributed by atoms with Gasteiger partial charge in [-0.3, -0.25) is 14.5 Å². The third-order valence-corrected chi connectivity index (χ3v) is 6.01. The number of amides is 2. The van der Waals surface area contributed by atoms with Crippen LogP contribution in [0.25, 0.3) is 0 Å². The molecule has 2 amide bonds. The van der Waals surface area contributed by atoms with Gasteiger partial charge >= 0.3 is 0 Å². The lowest BCUT2D eigenvalue weighted by atomic mass is 10.1. The Labute approximate surface area is 165 Å². The number of rotatable bonds is 6. The van der Waals surface area contributed by atoms with Gasteiger partial charge in [0, 0.05) is 36.4 Å². The SMILES string of the molecule is CCSCC(=O)Nc1cc(C(=O)N[C@H]2C[C@H]3CO[C@@H](C)CN3C2)ccc1C. The molecule has 2 aliphatic heterocycles. The normalized spacial score (nSPS) is 25.1. The van der Waals surface area contributed by atoms with Crippen molar-refractivity contribution in [2.75, 3.05) is 36.5 Å². The van der Waals surface area contributed by atoms with Crippen LogP contribution in [0.2, 0.25) is 0 Å². The van der Waals surface area contributed by atoms with Crippen molar-refractivity contribution in [3.05, 3.63) is 29.3 Å². The second kappa shape index (κ2) is 9.08. The molecule has 0 unspecified atom stereocenters. The topological polar surface area (TPSA) is 70.7 Å². The zero-order valence-electron chi connectivity index (χ0n) is 16.3. The molecule has 3 atom stereocenters. The Balaban J connectivity index is 1.60. The van der Waals surface area contributed by atoms with Crippen molar-refractivity contribution < 1.29 is 14.3 Å². The van der Waals surface area contributed by atoms with Gasteiger partial charge < -0.3 is 15.4 Å². The molecule has 7 heteroatoms. The number of anilines is 1. The maximum absolute atomic E-state index is 12.7. The minimum absolute atomic E-state index is 0.0377. The number of benzene rings is 1. The highest BCUT2D eigenvalue weighted by Gasteiger charge is 2.36. The minimum Gasteiger partial charge on any atom is -0.376 e. The van der Waals surface area contributed by atoms with Crippen molar-refractivity contribution >= 4 is 29.3 Å². The summed E-state index contributed by atoms with van der Waals surface area (Å²) in [6.45, 7) is 8.58. The monoisotopic (exact) mass is 391 g/mol. The Hall–Kier alpha value is -1.57. The van der Waals surface area contributed by atoms with Crippen molar-refractivity contribution in [2.24, 2.45) is 0 Å². The number of thioether (sulfide) groups is 1. The first-order chi connectivity index (χ1) is 13.0. The molecule has 0 saturated carbocycles. The van der Waals surface area contributed by atoms with E-state index in [0.717, 1.165) is 37.4 Å². The first-order valence-electron chi connectivity index (χ1n) is 9.61. The lowest BCUT2D eigenvalue weighted by molar-refractivity contribution is -0.113. The third-order valence-electron chi connectivity index (χ3n) is 5.14. The molecule has 2 fully saturated rings. The molecule has 2 heterocycles. The summed E-state index contributed by atoms with van der Waals surface area (Å²) in [5.41, 5.74) is 2.23. The van der Waals surface area contributed by atoms with Gasteiger partial charge in [-0.1, -0.05) is 13.0 Å². The highest BCUT2D eigenvalue weighted by atomic mass is 32.2. The van der Waals surface area contributed by atoms with Crippen LogP contribution >= 0.6 is 11.8 Å². The van der Waals surface area contributed by atoms with Crippen LogP contribution in [-0.4, -0.2) is 66.1 Å². The minimum atomic E-state index is -0.0905. The molecule has 1 aromatic carbocycles. The number of hydrogen-bond donors (Lipinski definition) is 2. The van der Waals surface area contributed by atoms with Crippen molar-refractivity contribution in [3.8, 4) is 0 Å². The average molecular weight is 392 g/mol. The summed E-state index contributed by atoms with van der Waals surface area (Å²) in [5, 5.41) is 6.06. The molecule has 2 N–H and O–H groups in total. The molecule has 3 rings (SSSR count). The number of hydrogen-bond acceptors (Lipinski definition) is 5. The van der Waals surface area contributed by atoms with Gasteiger partial charge in [-0.25, -0.2) is 0 Å². The van der Waals surface area contributed by atoms with Gasteiger partial charge in [0.1, 0.15) is 0 Å². The van der Waals surface area contributed by atoms with Gasteiger partial charge in [-0.05, 0) is 43.7 Å². The van der Waals surface area contributed by atoms with Gasteiger partial charge in [0.2, 0.25) is 5.91 Å². The van der Waals surface area contributed by atoms with E-state index in [2.05, 4.69) is 22.5 Å². The fourth-order valence-electron chi connectivity index (χ4n) is 3.69. The number of fused-ring (bicyclic) bond motifs is 1.